The molecule has 24 heavy (non-hydrogen) atoms. The third-order valence-corrected chi connectivity index (χ3v) is 4.05. The molecule has 2 rings (SSSR count). The number of amides is 1. The molecule has 0 aromatic heterocycles. The highest BCUT2D eigenvalue weighted by Crippen LogP contribution is 2.17. The minimum Gasteiger partial charge on any atom is -0.435 e. The Labute approximate surface area is 144 Å². The van der Waals surface area contributed by atoms with Crippen molar-refractivity contribution in [3.8, 4) is 5.75 Å². The highest BCUT2D eigenvalue weighted by molar-refractivity contribution is 7.97. The zero-order valence-electron chi connectivity index (χ0n) is 13.5. The van der Waals surface area contributed by atoms with Gasteiger partial charge in [0.05, 0.1) is 0 Å². The van der Waals surface area contributed by atoms with Crippen molar-refractivity contribution in [2.75, 3.05) is 13.3 Å². The van der Waals surface area contributed by atoms with Gasteiger partial charge in [0.15, 0.2) is 0 Å². The van der Waals surface area contributed by atoms with Crippen LogP contribution < -0.4 is 4.74 Å². The van der Waals surface area contributed by atoms with Gasteiger partial charge in [0, 0.05) is 24.9 Å². The Morgan fingerprint density at radius 3 is 2.21 bits per heavy atom. The van der Waals surface area contributed by atoms with Gasteiger partial charge < -0.3 is 9.64 Å². The summed E-state index contributed by atoms with van der Waals surface area (Å²) in [7, 11) is 1.71. The van der Waals surface area contributed by atoms with Crippen molar-refractivity contribution in [3.63, 3.8) is 0 Å². The number of rotatable bonds is 7. The lowest BCUT2D eigenvalue weighted by Gasteiger charge is -2.18. The molecule has 0 unspecified atom stereocenters. The minimum atomic E-state index is -2.84. The number of alkyl halides is 2. The molecule has 0 bridgehead atoms. The van der Waals surface area contributed by atoms with Crippen LogP contribution in [-0.2, 0) is 12.3 Å². The fraction of sp³-hybridized carbons (Fsp3) is 0.278. The van der Waals surface area contributed by atoms with E-state index in [2.05, 4.69) is 4.74 Å². The molecular formula is C18H19F2NO2S. The molecule has 2 aromatic carbocycles. The third-order valence-electron chi connectivity index (χ3n) is 3.43. The molecule has 0 heterocycles. The van der Waals surface area contributed by atoms with Gasteiger partial charge in [0.2, 0.25) is 0 Å². The molecule has 3 nitrogen and oxygen atoms in total. The van der Waals surface area contributed by atoms with E-state index in [1.54, 1.807) is 35.8 Å². The molecule has 0 spiro atoms. The zero-order valence-corrected chi connectivity index (χ0v) is 14.4. The topological polar surface area (TPSA) is 29.5 Å². The molecule has 0 saturated heterocycles. The first kappa shape index (κ1) is 18.3. The summed E-state index contributed by atoms with van der Waals surface area (Å²) in [5.41, 5.74) is 2.64. The monoisotopic (exact) mass is 351 g/mol. The smallest absolute Gasteiger partial charge is 0.387 e. The van der Waals surface area contributed by atoms with Gasteiger partial charge in [-0.3, -0.25) is 4.79 Å². The summed E-state index contributed by atoms with van der Waals surface area (Å²) in [5, 5.41) is 0. The predicted molar refractivity (Wildman–Crippen MR) is 92.5 cm³/mol. The summed E-state index contributed by atoms with van der Waals surface area (Å²) < 4.78 is 28.6. The van der Waals surface area contributed by atoms with Gasteiger partial charge >= 0.3 is 6.61 Å². The van der Waals surface area contributed by atoms with Crippen LogP contribution in [0.4, 0.5) is 8.78 Å². The third kappa shape index (κ3) is 5.23. The van der Waals surface area contributed by atoms with E-state index in [0.717, 1.165) is 11.3 Å². The number of thioether (sulfide) groups is 1. The molecule has 0 fully saturated rings. The van der Waals surface area contributed by atoms with Crippen molar-refractivity contribution >= 4 is 17.7 Å². The van der Waals surface area contributed by atoms with E-state index in [0.29, 0.717) is 12.1 Å². The highest BCUT2D eigenvalue weighted by atomic mass is 32.2. The van der Waals surface area contributed by atoms with Crippen LogP contribution in [0.25, 0.3) is 0 Å². The molecule has 0 aliphatic rings. The van der Waals surface area contributed by atoms with Crippen LogP contribution in [0.1, 0.15) is 21.5 Å². The van der Waals surface area contributed by atoms with Gasteiger partial charge in [0.25, 0.3) is 5.91 Å². The van der Waals surface area contributed by atoms with Crippen LogP contribution >= 0.6 is 11.8 Å². The Morgan fingerprint density at radius 1 is 1.08 bits per heavy atom. The number of ether oxygens (including phenoxy) is 1. The molecule has 0 N–H and O–H groups in total. The second kappa shape index (κ2) is 8.68. The first-order valence-electron chi connectivity index (χ1n) is 7.36. The number of carbonyl (C=O) groups is 1. The van der Waals surface area contributed by atoms with Crippen LogP contribution in [-0.4, -0.2) is 30.7 Å². The Morgan fingerprint density at radius 2 is 1.67 bits per heavy atom. The second-order valence-corrected chi connectivity index (χ2v) is 6.18. The van der Waals surface area contributed by atoms with Crippen LogP contribution in [0.15, 0.2) is 48.5 Å². The fourth-order valence-electron chi connectivity index (χ4n) is 2.25. The van der Waals surface area contributed by atoms with E-state index in [1.165, 1.54) is 17.7 Å². The average Bonchev–Trinajstić information content (AvgIpc) is 2.56. The van der Waals surface area contributed by atoms with E-state index in [9.17, 15) is 13.6 Å². The van der Waals surface area contributed by atoms with Crippen molar-refractivity contribution in [3.05, 3.63) is 65.2 Å². The molecule has 0 radical (unpaired) electrons. The first-order valence-corrected chi connectivity index (χ1v) is 8.76. The quantitative estimate of drug-likeness (QED) is 0.739. The Kier molecular flexibility index (Phi) is 6.61. The molecular weight excluding hydrogens is 332 g/mol. The maximum atomic E-state index is 12.4. The molecule has 2 aromatic rings. The molecule has 0 aliphatic heterocycles. The number of hydrogen-bond acceptors (Lipinski definition) is 3. The SMILES string of the molecule is CSCc1ccc(C(=O)N(C)Cc2ccc(OC(F)F)cc2)cc1. The van der Waals surface area contributed by atoms with E-state index < -0.39 is 6.61 Å². The number of halogens is 2. The van der Waals surface area contributed by atoms with E-state index in [4.69, 9.17) is 0 Å². The summed E-state index contributed by atoms with van der Waals surface area (Å²) in [6, 6.07) is 13.8. The van der Waals surface area contributed by atoms with E-state index in [-0.39, 0.29) is 11.7 Å². The van der Waals surface area contributed by atoms with Gasteiger partial charge in [0.1, 0.15) is 5.75 Å². The van der Waals surface area contributed by atoms with Crippen molar-refractivity contribution in [2.24, 2.45) is 0 Å². The van der Waals surface area contributed by atoms with Gasteiger partial charge in [-0.1, -0.05) is 24.3 Å². The van der Waals surface area contributed by atoms with Crippen LogP contribution in [0.5, 0.6) is 5.75 Å². The van der Waals surface area contributed by atoms with Crippen molar-refractivity contribution in [1.82, 2.24) is 4.90 Å². The molecule has 0 atom stereocenters. The van der Waals surface area contributed by atoms with Crippen LogP contribution in [0, 0.1) is 0 Å². The average molecular weight is 351 g/mol. The number of nitrogens with zero attached hydrogens (tertiary/aromatic N) is 1. The summed E-state index contributed by atoms with van der Waals surface area (Å²) >= 11 is 1.73. The minimum absolute atomic E-state index is 0.0846. The summed E-state index contributed by atoms with van der Waals surface area (Å²) in [6.45, 7) is -2.45. The summed E-state index contributed by atoms with van der Waals surface area (Å²) in [6.07, 6.45) is 2.03. The van der Waals surface area contributed by atoms with Gasteiger partial charge in [-0.15, -0.1) is 0 Å². The molecule has 1 amide bonds. The lowest BCUT2D eigenvalue weighted by molar-refractivity contribution is -0.0498. The second-order valence-electron chi connectivity index (χ2n) is 5.31. The van der Waals surface area contributed by atoms with Crippen molar-refractivity contribution in [2.45, 2.75) is 18.9 Å². The highest BCUT2D eigenvalue weighted by Gasteiger charge is 2.12. The molecule has 0 aliphatic carbocycles. The lowest BCUT2D eigenvalue weighted by atomic mass is 10.1. The van der Waals surface area contributed by atoms with Crippen LogP contribution in [0.3, 0.4) is 0 Å². The summed E-state index contributed by atoms with van der Waals surface area (Å²) in [4.78, 5) is 14.0. The van der Waals surface area contributed by atoms with E-state index in [1.807, 2.05) is 30.5 Å². The van der Waals surface area contributed by atoms with Crippen LogP contribution in [0.2, 0.25) is 0 Å². The predicted octanol–water partition coefficient (Wildman–Crippen LogP) is 4.42. The number of carbonyl (C=O) groups excluding carboxylic acids is 1. The van der Waals surface area contributed by atoms with Crippen molar-refractivity contribution < 1.29 is 18.3 Å². The Balaban J connectivity index is 1.97. The van der Waals surface area contributed by atoms with Gasteiger partial charge in [-0.2, -0.15) is 20.5 Å². The number of benzene rings is 2. The largest absolute Gasteiger partial charge is 0.435 e. The maximum Gasteiger partial charge on any atom is 0.387 e. The zero-order chi connectivity index (χ0) is 17.5. The van der Waals surface area contributed by atoms with Gasteiger partial charge in [-0.05, 0) is 41.6 Å². The molecule has 0 saturated carbocycles. The number of hydrogen-bond donors (Lipinski definition) is 0. The van der Waals surface area contributed by atoms with E-state index >= 15 is 0 Å². The maximum absolute atomic E-state index is 12.4. The fourth-order valence-corrected chi connectivity index (χ4v) is 2.78. The molecule has 6 heteroatoms. The normalized spacial score (nSPS) is 10.7. The lowest BCUT2D eigenvalue weighted by Crippen LogP contribution is -2.26. The molecule has 128 valence electrons. The van der Waals surface area contributed by atoms with Crippen molar-refractivity contribution in [1.29, 1.82) is 0 Å². The standard InChI is InChI=1S/C18H19F2NO2S/c1-21(11-13-5-9-16(10-6-13)23-18(19)20)17(22)15-7-3-14(4-8-15)12-24-2/h3-10,18H,11-12H2,1-2H3. The Bertz CT molecular complexity index is 660. The first-order chi connectivity index (χ1) is 11.5. The Hall–Kier alpha value is -2.08. The van der Waals surface area contributed by atoms with Gasteiger partial charge in [-0.25, -0.2) is 0 Å². The summed E-state index contributed by atoms with van der Waals surface area (Å²) in [5.74, 6) is 0.933.